The summed E-state index contributed by atoms with van der Waals surface area (Å²) in [4.78, 5) is 31.0. The zero-order chi connectivity index (χ0) is 20.4. The summed E-state index contributed by atoms with van der Waals surface area (Å²) < 4.78 is 1.64. The highest BCUT2D eigenvalue weighted by Gasteiger charge is 2.30. The molecule has 0 aliphatic rings. The molecule has 0 bridgehead atoms. The van der Waals surface area contributed by atoms with Gasteiger partial charge in [0.15, 0.2) is 5.82 Å². The van der Waals surface area contributed by atoms with Crippen LogP contribution in [0.3, 0.4) is 0 Å². The van der Waals surface area contributed by atoms with Crippen LogP contribution in [0.15, 0.2) is 65.6 Å². The van der Waals surface area contributed by atoms with Crippen molar-refractivity contribution in [3.63, 3.8) is 0 Å². The fraction of sp³-hybridized carbons (Fsp3) is 0.150. The van der Waals surface area contributed by atoms with Gasteiger partial charge in [-0.1, -0.05) is 48.5 Å². The van der Waals surface area contributed by atoms with E-state index in [1.165, 1.54) is 11.1 Å². The zero-order valence-electron chi connectivity index (χ0n) is 15.9. The van der Waals surface area contributed by atoms with Crippen LogP contribution in [0.2, 0.25) is 0 Å². The van der Waals surface area contributed by atoms with E-state index in [2.05, 4.69) is 25.5 Å². The zero-order valence-corrected chi connectivity index (χ0v) is 15.9. The van der Waals surface area contributed by atoms with Crippen LogP contribution in [0.4, 0.5) is 0 Å². The van der Waals surface area contributed by atoms with Crippen molar-refractivity contribution in [1.82, 2.24) is 35.1 Å². The Kier molecular flexibility index (Phi) is 4.78. The van der Waals surface area contributed by atoms with Gasteiger partial charge in [0.2, 0.25) is 0 Å². The van der Waals surface area contributed by atoms with Crippen LogP contribution < -0.4 is 5.69 Å². The molecule has 1 unspecified atom stereocenters. The quantitative estimate of drug-likeness (QED) is 0.541. The van der Waals surface area contributed by atoms with E-state index in [0.29, 0.717) is 5.82 Å². The van der Waals surface area contributed by atoms with Crippen molar-refractivity contribution in [3.8, 4) is 5.69 Å². The number of carbonyl (C=O) groups is 1. The van der Waals surface area contributed by atoms with Crippen molar-refractivity contribution in [2.75, 3.05) is 7.05 Å². The first-order valence-corrected chi connectivity index (χ1v) is 9.00. The second kappa shape index (κ2) is 7.55. The molecule has 2 aromatic heterocycles. The minimum Gasteiger partial charge on any atom is -0.326 e. The van der Waals surface area contributed by atoms with E-state index >= 15 is 0 Å². The van der Waals surface area contributed by atoms with E-state index < -0.39 is 11.7 Å². The Bertz CT molecular complexity index is 1190. The highest BCUT2D eigenvalue weighted by atomic mass is 16.2. The van der Waals surface area contributed by atoms with Crippen molar-refractivity contribution < 1.29 is 4.79 Å². The minimum atomic E-state index is -0.572. The molecule has 2 heterocycles. The molecule has 9 nitrogen and oxygen atoms in total. The largest absolute Gasteiger partial charge is 0.326 e. The van der Waals surface area contributed by atoms with E-state index in [9.17, 15) is 9.59 Å². The van der Waals surface area contributed by atoms with Crippen LogP contribution >= 0.6 is 0 Å². The maximum atomic E-state index is 13.0. The number of nitrogens with zero attached hydrogens (tertiary/aromatic N) is 5. The molecule has 0 fully saturated rings. The number of rotatable bonds is 5. The van der Waals surface area contributed by atoms with E-state index in [4.69, 9.17) is 0 Å². The molecule has 146 valence electrons. The lowest BCUT2D eigenvalue weighted by molar-refractivity contribution is 0.0743. The number of benzene rings is 2. The molecule has 4 rings (SSSR count). The molecule has 1 atom stereocenters. The second-order valence-electron chi connectivity index (χ2n) is 6.62. The third-order valence-electron chi connectivity index (χ3n) is 4.73. The number of aromatic nitrogens is 6. The van der Waals surface area contributed by atoms with Crippen molar-refractivity contribution in [2.24, 2.45) is 0 Å². The van der Waals surface area contributed by atoms with Gasteiger partial charge in [0, 0.05) is 13.2 Å². The van der Waals surface area contributed by atoms with Gasteiger partial charge < -0.3 is 14.9 Å². The lowest BCUT2D eigenvalue weighted by Gasteiger charge is -2.27. The number of amides is 1. The molecular weight excluding hydrogens is 370 g/mol. The molecule has 1 amide bonds. The molecule has 0 aliphatic carbocycles. The first kappa shape index (κ1) is 18.4. The molecule has 0 saturated carbocycles. The fourth-order valence-corrected chi connectivity index (χ4v) is 3.27. The molecule has 2 aromatic carbocycles. The van der Waals surface area contributed by atoms with E-state index in [1.807, 2.05) is 61.5 Å². The van der Waals surface area contributed by atoms with Crippen molar-refractivity contribution in [2.45, 2.75) is 13.0 Å². The number of aromatic amines is 2. The summed E-state index contributed by atoms with van der Waals surface area (Å²) >= 11 is 0. The van der Waals surface area contributed by atoms with Gasteiger partial charge in [0.1, 0.15) is 11.7 Å². The van der Waals surface area contributed by atoms with Crippen LogP contribution in [-0.2, 0) is 0 Å². The number of para-hydroxylation sites is 1. The summed E-state index contributed by atoms with van der Waals surface area (Å²) in [7, 11) is 1.65. The molecular formula is C20H19N7O2. The Morgan fingerprint density at radius 2 is 1.83 bits per heavy atom. The third kappa shape index (κ3) is 3.45. The third-order valence-corrected chi connectivity index (χ3v) is 4.73. The SMILES string of the molecule is Cc1ccccc1-n1nnnc1C(c1ccccc1)N(C)C(=O)c1c[nH]c(=O)[nH]1. The minimum absolute atomic E-state index is 0.161. The van der Waals surface area contributed by atoms with Gasteiger partial charge in [0.05, 0.1) is 5.69 Å². The number of hydrogen-bond donors (Lipinski definition) is 2. The Hall–Kier alpha value is -4.01. The number of imidazole rings is 1. The molecule has 0 spiro atoms. The molecule has 0 aliphatic heterocycles. The Morgan fingerprint density at radius 3 is 2.52 bits per heavy atom. The average molecular weight is 389 g/mol. The molecule has 9 heteroatoms. The lowest BCUT2D eigenvalue weighted by Crippen LogP contribution is -2.34. The number of hydrogen-bond acceptors (Lipinski definition) is 5. The van der Waals surface area contributed by atoms with E-state index in [1.54, 1.807) is 11.7 Å². The standard InChI is InChI=1S/C20H19N7O2/c1-13-8-6-7-11-16(13)27-18(23-24-25-27)17(14-9-4-3-5-10-14)26(2)19(28)15-12-21-20(29)22-15/h3-12,17H,1-2H3,(H2,21,22,29). The van der Waals surface area contributed by atoms with Crippen LogP contribution in [-0.4, -0.2) is 48.0 Å². The second-order valence-corrected chi connectivity index (χ2v) is 6.62. The smallest absolute Gasteiger partial charge is 0.323 e. The number of carbonyl (C=O) groups excluding carboxylic acids is 1. The highest BCUT2D eigenvalue weighted by molar-refractivity contribution is 5.92. The monoisotopic (exact) mass is 389 g/mol. The van der Waals surface area contributed by atoms with E-state index in [-0.39, 0.29) is 11.6 Å². The predicted molar refractivity (Wildman–Crippen MR) is 106 cm³/mol. The highest BCUT2D eigenvalue weighted by Crippen LogP contribution is 2.28. The van der Waals surface area contributed by atoms with Gasteiger partial charge in [-0.2, -0.15) is 4.68 Å². The van der Waals surface area contributed by atoms with Gasteiger partial charge in [-0.3, -0.25) is 4.79 Å². The first-order chi connectivity index (χ1) is 14.1. The van der Waals surface area contributed by atoms with Gasteiger partial charge >= 0.3 is 5.69 Å². The first-order valence-electron chi connectivity index (χ1n) is 9.00. The van der Waals surface area contributed by atoms with Gasteiger partial charge in [-0.15, -0.1) is 5.10 Å². The normalized spacial score (nSPS) is 11.9. The summed E-state index contributed by atoms with van der Waals surface area (Å²) in [6, 6.07) is 16.7. The van der Waals surface area contributed by atoms with Crippen molar-refractivity contribution in [3.05, 3.63) is 93.9 Å². The Labute approximate surface area is 166 Å². The van der Waals surface area contributed by atoms with Gasteiger partial charge in [-0.05, 0) is 34.5 Å². The van der Waals surface area contributed by atoms with Crippen LogP contribution in [0, 0.1) is 6.92 Å². The summed E-state index contributed by atoms with van der Waals surface area (Å²) in [6.07, 6.45) is 1.35. The Balaban J connectivity index is 1.83. The number of nitrogens with one attached hydrogen (secondary N) is 2. The topological polar surface area (TPSA) is 113 Å². The molecule has 2 N–H and O–H groups in total. The van der Waals surface area contributed by atoms with Crippen LogP contribution in [0.5, 0.6) is 0 Å². The molecule has 4 aromatic rings. The molecule has 0 saturated heterocycles. The van der Waals surface area contributed by atoms with Crippen molar-refractivity contribution >= 4 is 5.91 Å². The lowest BCUT2D eigenvalue weighted by atomic mass is 10.0. The van der Waals surface area contributed by atoms with Gasteiger partial charge in [0.25, 0.3) is 5.91 Å². The van der Waals surface area contributed by atoms with Crippen LogP contribution in [0.1, 0.15) is 33.5 Å². The Morgan fingerprint density at radius 1 is 1.10 bits per heavy atom. The number of aryl methyl sites for hydroxylation is 1. The number of H-pyrrole nitrogens is 2. The summed E-state index contributed by atoms with van der Waals surface area (Å²) in [5.41, 5.74) is 2.38. The summed E-state index contributed by atoms with van der Waals surface area (Å²) in [6.45, 7) is 1.97. The molecule has 0 radical (unpaired) electrons. The van der Waals surface area contributed by atoms with E-state index in [0.717, 1.165) is 16.8 Å². The predicted octanol–water partition coefficient (Wildman–Crippen LogP) is 1.85. The summed E-state index contributed by atoms with van der Waals surface area (Å²) in [5.74, 6) is 0.121. The average Bonchev–Trinajstić information content (AvgIpc) is 3.38. The van der Waals surface area contributed by atoms with Gasteiger partial charge in [-0.25, -0.2) is 4.79 Å². The number of tetrazole rings is 1. The van der Waals surface area contributed by atoms with Crippen molar-refractivity contribution in [1.29, 1.82) is 0 Å². The maximum absolute atomic E-state index is 13.0. The fourth-order valence-electron chi connectivity index (χ4n) is 3.27. The summed E-state index contributed by atoms with van der Waals surface area (Å²) in [5, 5.41) is 12.3. The van der Waals surface area contributed by atoms with Crippen LogP contribution in [0.25, 0.3) is 5.69 Å². The maximum Gasteiger partial charge on any atom is 0.323 e. The molecule has 29 heavy (non-hydrogen) atoms.